The lowest BCUT2D eigenvalue weighted by atomic mass is 9.83. The zero-order valence-corrected chi connectivity index (χ0v) is 18.4. The van der Waals surface area contributed by atoms with Crippen molar-refractivity contribution in [3.05, 3.63) is 71.6 Å². The van der Waals surface area contributed by atoms with Gasteiger partial charge in [-0.1, -0.05) is 36.4 Å². The summed E-state index contributed by atoms with van der Waals surface area (Å²) in [6, 6.07) is 14.9. The third-order valence-electron chi connectivity index (χ3n) is 5.78. The van der Waals surface area contributed by atoms with E-state index in [2.05, 4.69) is 0 Å². The molecule has 1 saturated heterocycles. The third kappa shape index (κ3) is 5.09. The molecule has 0 aromatic heterocycles. The normalized spacial score (nSPS) is 20.8. The molecule has 2 atom stereocenters. The van der Waals surface area contributed by atoms with Gasteiger partial charge in [-0.15, -0.1) is 0 Å². The summed E-state index contributed by atoms with van der Waals surface area (Å²) in [6.07, 6.45) is 5.25. The summed E-state index contributed by atoms with van der Waals surface area (Å²) in [5.41, 5.74) is 2.06. The first-order valence-corrected chi connectivity index (χ1v) is 11.0. The zero-order valence-electron chi connectivity index (χ0n) is 18.4. The molecule has 2 unspecified atom stereocenters. The van der Waals surface area contributed by atoms with Gasteiger partial charge in [0.15, 0.2) is 0 Å². The number of amides is 1. The lowest BCUT2D eigenvalue weighted by molar-refractivity contribution is 0.0000775. The van der Waals surface area contributed by atoms with Gasteiger partial charge in [0.1, 0.15) is 23.8 Å². The molecule has 0 N–H and O–H groups in total. The Morgan fingerprint density at radius 2 is 1.90 bits per heavy atom. The molecule has 4 nitrogen and oxygen atoms in total. The first kappa shape index (κ1) is 21.4. The van der Waals surface area contributed by atoms with E-state index in [1.165, 1.54) is 6.07 Å². The minimum atomic E-state index is -0.531. The number of benzene rings is 2. The summed E-state index contributed by atoms with van der Waals surface area (Å²) in [4.78, 5) is 14.6. The minimum Gasteiger partial charge on any atom is -0.489 e. The van der Waals surface area contributed by atoms with Gasteiger partial charge in [0.05, 0.1) is 6.04 Å². The highest BCUT2D eigenvalue weighted by atomic mass is 19.1. The quantitative estimate of drug-likeness (QED) is 0.575. The predicted octanol–water partition coefficient (Wildman–Crippen LogP) is 6.35. The van der Waals surface area contributed by atoms with Crippen molar-refractivity contribution in [2.75, 3.05) is 0 Å². The minimum absolute atomic E-state index is 0.0435. The van der Waals surface area contributed by atoms with Crippen molar-refractivity contribution in [3.63, 3.8) is 0 Å². The monoisotopic (exact) mass is 423 g/mol. The molecule has 2 aromatic carbocycles. The Bertz CT molecular complexity index is 964. The molecular weight excluding hydrogens is 393 g/mol. The lowest BCUT2D eigenvalue weighted by Crippen LogP contribution is -2.53. The molecule has 0 saturated carbocycles. The first-order chi connectivity index (χ1) is 14.8. The Morgan fingerprint density at radius 3 is 2.58 bits per heavy atom. The molecule has 2 aromatic rings. The van der Waals surface area contributed by atoms with Crippen LogP contribution in [0.5, 0.6) is 5.75 Å². The molecule has 0 aliphatic carbocycles. The summed E-state index contributed by atoms with van der Waals surface area (Å²) in [6.45, 7) is 6.03. The highest BCUT2D eigenvalue weighted by Crippen LogP contribution is 2.39. The summed E-state index contributed by atoms with van der Waals surface area (Å²) >= 11 is 0. The molecular formula is C26H30FNO3. The molecule has 164 valence electrons. The van der Waals surface area contributed by atoms with E-state index in [-0.39, 0.29) is 24.0 Å². The van der Waals surface area contributed by atoms with Gasteiger partial charge in [-0.3, -0.25) is 4.90 Å². The molecule has 2 aliphatic heterocycles. The maximum atomic E-state index is 15.0. The van der Waals surface area contributed by atoms with Crippen molar-refractivity contribution in [1.82, 2.24) is 4.90 Å². The van der Waals surface area contributed by atoms with Gasteiger partial charge < -0.3 is 9.47 Å². The van der Waals surface area contributed by atoms with E-state index in [0.29, 0.717) is 24.3 Å². The van der Waals surface area contributed by atoms with Crippen molar-refractivity contribution < 1.29 is 18.7 Å². The number of ether oxygens (including phenoxy) is 2. The number of fused-ring (bicyclic) bond motifs is 2. The van der Waals surface area contributed by atoms with E-state index < -0.39 is 5.60 Å². The molecule has 5 heteroatoms. The van der Waals surface area contributed by atoms with E-state index >= 15 is 0 Å². The van der Waals surface area contributed by atoms with Gasteiger partial charge in [-0.05, 0) is 69.7 Å². The second kappa shape index (κ2) is 8.74. The van der Waals surface area contributed by atoms with E-state index in [1.807, 2.05) is 68.1 Å². The summed E-state index contributed by atoms with van der Waals surface area (Å²) in [5.74, 6) is 0.220. The number of hydrogen-bond donors (Lipinski definition) is 0. The van der Waals surface area contributed by atoms with Gasteiger partial charge in [-0.25, -0.2) is 9.18 Å². The van der Waals surface area contributed by atoms with Crippen molar-refractivity contribution in [3.8, 4) is 5.75 Å². The van der Waals surface area contributed by atoms with Crippen molar-refractivity contribution >= 4 is 11.7 Å². The van der Waals surface area contributed by atoms with E-state index in [1.54, 1.807) is 6.07 Å². The molecule has 2 bridgehead atoms. The zero-order chi connectivity index (χ0) is 22.0. The maximum absolute atomic E-state index is 15.0. The predicted molar refractivity (Wildman–Crippen MR) is 119 cm³/mol. The Kier molecular flexibility index (Phi) is 6.03. The van der Waals surface area contributed by atoms with Crippen LogP contribution in [0.2, 0.25) is 0 Å². The Hall–Kier alpha value is -2.82. The third-order valence-corrected chi connectivity index (χ3v) is 5.78. The molecule has 0 radical (unpaired) electrons. The molecule has 1 fully saturated rings. The molecule has 4 rings (SSSR count). The lowest BCUT2D eigenvalue weighted by Gasteiger charge is -2.45. The fourth-order valence-electron chi connectivity index (χ4n) is 4.42. The summed E-state index contributed by atoms with van der Waals surface area (Å²) in [7, 11) is 0. The highest BCUT2D eigenvalue weighted by Gasteiger charge is 2.39. The van der Waals surface area contributed by atoms with Crippen LogP contribution in [0.15, 0.2) is 54.6 Å². The average molecular weight is 424 g/mol. The highest BCUT2D eigenvalue weighted by molar-refractivity contribution is 5.75. The van der Waals surface area contributed by atoms with Crippen LogP contribution in [-0.4, -0.2) is 28.7 Å². The Labute approximate surface area is 183 Å². The van der Waals surface area contributed by atoms with Gasteiger partial charge >= 0.3 is 6.09 Å². The average Bonchev–Trinajstić information content (AvgIpc) is 2.71. The van der Waals surface area contributed by atoms with Crippen LogP contribution < -0.4 is 4.74 Å². The van der Waals surface area contributed by atoms with Crippen molar-refractivity contribution in [1.29, 1.82) is 0 Å². The summed E-state index contributed by atoms with van der Waals surface area (Å²) < 4.78 is 26.4. The number of rotatable bonds is 4. The standard InChI is InChI=1S/C26H30FNO3/c1-26(2,3)31-25(29)28-20-10-7-11-21(28)15-19(14-20)23-13-12-22(16-24(23)27)30-17-18-8-5-4-6-9-18/h4-6,8-9,12-14,16,20-21H,7,10-11,15,17H2,1-3H3. The van der Waals surface area contributed by atoms with Crippen molar-refractivity contribution in [2.45, 2.75) is 70.7 Å². The fraction of sp³-hybridized carbons (Fsp3) is 0.423. The summed E-state index contributed by atoms with van der Waals surface area (Å²) in [5, 5.41) is 0. The second-order valence-corrected chi connectivity index (χ2v) is 9.35. The maximum Gasteiger partial charge on any atom is 0.411 e. The molecule has 2 heterocycles. The van der Waals surface area contributed by atoms with E-state index in [9.17, 15) is 9.18 Å². The number of carbonyl (C=O) groups is 1. The van der Waals surface area contributed by atoms with E-state index in [0.717, 1.165) is 30.4 Å². The van der Waals surface area contributed by atoms with Gasteiger partial charge in [0.2, 0.25) is 0 Å². The number of nitrogens with zero attached hydrogens (tertiary/aromatic N) is 1. The number of carbonyl (C=O) groups excluding carboxylic acids is 1. The van der Waals surface area contributed by atoms with Crippen LogP contribution in [-0.2, 0) is 11.3 Å². The number of piperidine rings is 1. The number of halogens is 1. The van der Waals surface area contributed by atoms with Crippen molar-refractivity contribution in [2.24, 2.45) is 0 Å². The SMILES string of the molecule is CC(C)(C)OC(=O)N1C2C=C(c3ccc(OCc4ccccc4)cc3F)CC1CCC2. The van der Waals surface area contributed by atoms with Crippen LogP contribution in [0, 0.1) is 5.82 Å². The molecule has 0 spiro atoms. The first-order valence-electron chi connectivity index (χ1n) is 11.0. The van der Waals surface area contributed by atoms with Gasteiger partial charge in [0, 0.05) is 17.7 Å². The topological polar surface area (TPSA) is 38.8 Å². The number of hydrogen-bond acceptors (Lipinski definition) is 3. The smallest absolute Gasteiger partial charge is 0.411 e. The second-order valence-electron chi connectivity index (χ2n) is 9.35. The largest absolute Gasteiger partial charge is 0.489 e. The van der Waals surface area contributed by atoms with Crippen LogP contribution in [0.25, 0.3) is 5.57 Å². The Morgan fingerprint density at radius 1 is 1.13 bits per heavy atom. The van der Waals surface area contributed by atoms with Crippen LogP contribution in [0.3, 0.4) is 0 Å². The van der Waals surface area contributed by atoms with Gasteiger partial charge in [-0.2, -0.15) is 0 Å². The van der Waals surface area contributed by atoms with Crippen LogP contribution in [0.4, 0.5) is 9.18 Å². The van der Waals surface area contributed by atoms with E-state index in [4.69, 9.17) is 9.47 Å². The molecule has 1 amide bonds. The molecule has 31 heavy (non-hydrogen) atoms. The van der Waals surface area contributed by atoms with Crippen LogP contribution in [0.1, 0.15) is 57.6 Å². The van der Waals surface area contributed by atoms with Crippen LogP contribution >= 0.6 is 0 Å². The van der Waals surface area contributed by atoms with Gasteiger partial charge in [0.25, 0.3) is 0 Å². The molecule has 2 aliphatic rings. The fourth-order valence-corrected chi connectivity index (χ4v) is 4.42. The Balaban J connectivity index is 1.50.